The highest BCUT2D eigenvalue weighted by atomic mass is 16.3. The molecule has 6 nitrogen and oxygen atoms in total. The number of likely N-dealkylation sites (tertiary alicyclic amines) is 1. The van der Waals surface area contributed by atoms with Crippen molar-refractivity contribution in [3.8, 4) is 0 Å². The monoisotopic (exact) mass is 387 g/mol. The van der Waals surface area contributed by atoms with Crippen LogP contribution in [0.2, 0.25) is 0 Å². The summed E-state index contributed by atoms with van der Waals surface area (Å²) in [5, 5.41) is 9.33. The number of piperidine rings is 1. The number of rotatable bonds is 6. The number of ketones is 1. The van der Waals surface area contributed by atoms with Gasteiger partial charge in [-0.05, 0) is 51.3 Å². The molecule has 0 bridgehead atoms. The Kier molecular flexibility index (Phi) is 7.21. The molecule has 1 amide bonds. The summed E-state index contributed by atoms with van der Waals surface area (Å²) in [6.45, 7) is 7.51. The van der Waals surface area contributed by atoms with Crippen LogP contribution in [0.1, 0.15) is 46.9 Å². The van der Waals surface area contributed by atoms with Crippen LogP contribution in [0.3, 0.4) is 0 Å². The third-order valence-electron chi connectivity index (χ3n) is 6.24. The zero-order valence-corrected chi connectivity index (χ0v) is 17.1. The van der Waals surface area contributed by atoms with Gasteiger partial charge >= 0.3 is 0 Å². The molecule has 6 heteroatoms. The number of carbonyl (C=O) groups excluding carboxylic acids is 2. The van der Waals surface area contributed by atoms with Gasteiger partial charge in [0, 0.05) is 63.0 Å². The number of aliphatic hydroxyl groups excluding tert-OH is 1. The molecule has 2 aliphatic heterocycles. The predicted octanol–water partition coefficient (Wildman–Crippen LogP) is 1.74. The fourth-order valence-electron chi connectivity index (χ4n) is 4.53. The fourth-order valence-corrected chi connectivity index (χ4v) is 4.53. The van der Waals surface area contributed by atoms with E-state index in [0.29, 0.717) is 23.1 Å². The molecular formula is C22H33N3O3. The first-order valence-electron chi connectivity index (χ1n) is 10.4. The molecule has 0 radical (unpaired) electrons. The number of likely N-dealkylation sites (N-methyl/N-ethyl adjacent to an activating group) is 1. The van der Waals surface area contributed by atoms with Gasteiger partial charge in [-0.2, -0.15) is 0 Å². The summed E-state index contributed by atoms with van der Waals surface area (Å²) in [6.07, 6.45) is 2.68. The molecule has 0 saturated carbocycles. The van der Waals surface area contributed by atoms with E-state index in [1.807, 2.05) is 4.90 Å². The summed E-state index contributed by atoms with van der Waals surface area (Å²) in [5.41, 5.74) is 1.17. The van der Waals surface area contributed by atoms with Gasteiger partial charge in [-0.3, -0.25) is 14.5 Å². The van der Waals surface area contributed by atoms with Crippen molar-refractivity contribution in [2.75, 3.05) is 52.9 Å². The molecule has 1 aromatic rings. The minimum atomic E-state index is -0.0238. The number of Topliss-reactive ketones (excluding diaryl/α,β-unsaturated/α-hetero) is 1. The highest BCUT2D eigenvalue weighted by molar-refractivity contribution is 5.99. The molecule has 2 aliphatic rings. The number of amides is 1. The topological polar surface area (TPSA) is 64.1 Å². The van der Waals surface area contributed by atoms with Crippen LogP contribution in [0, 0.1) is 5.92 Å². The largest absolute Gasteiger partial charge is 0.396 e. The average Bonchev–Trinajstić information content (AvgIpc) is 2.72. The minimum Gasteiger partial charge on any atom is -0.396 e. The molecule has 1 N–H and O–H groups in total. The van der Waals surface area contributed by atoms with Crippen LogP contribution < -0.4 is 0 Å². The molecule has 2 heterocycles. The van der Waals surface area contributed by atoms with Crippen molar-refractivity contribution in [2.45, 2.75) is 32.2 Å². The van der Waals surface area contributed by atoms with E-state index in [0.717, 1.165) is 58.5 Å². The lowest BCUT2D eigenvalue weighted by molar-refractivity contribution is 0.0218. The maximum atomic E-state index is 13.1. The molecule has 2 atom stereocenters. The van der Waals surface area contributed by atoms with Gasteiger partial charge in [-0.25, -0.2) is 0 Å². The van der Waals surface area contributed by atoms with Crippen LogP contribution in [0.15, 0.2) is 24.3 Å². The lowest BCUT2D eigenvalue weighted by Crippen LogP contribution is -2.56. The second-order valence-corrected chi connectivity index (χ2v) is 8.21. The zero-order chi connectivity index (χ0) is 20.1. The summed E-state index contributed by atoms with van der Waals surface area (Å²) in [5.74, 6) is 0.363. The van der Waals surface area contributed by atoms with Crippen molar-refractivity contribution < 1.29 is 14.7 Å². The first kappa shape index (κ1) is 21.0. The van der Waals surface area contributed by atoms with Gasteiger partial charge in [0.1, 0.15) is 0 Å². The van der Waals surface area contributed by atoms with E-state index in [9.17, 15) is 14.7 Å². The highest BCUT2D eigenvalue weighted by Crippen LogP contribution is 2.28. The second kappa shape index (κ2) is 9.63. The van der Waals surface area contributed by atoms with Crippen molar-refractivity contribution in [2.24, 2.45) is 5.92 Å². The number of benzene rings is 1. The highest BCUT2D eigenvalue weighted by Gasteiger charge is 2.35. The Morgan fingerprint density at radius 1 is 1.11 bits per heavy atom. The molecule has 0 aromatic heterocycles. The van der Waals surface area contributed by atoms with Crippen LogP contribution >= 0.6 is 0 Å². The molecule has 2 saturated heterocycles. The Bertz CT molecular complexity index is 685. The Morgan fingerprint density at radius 2 is 1.82 bits per heavy atom. The van der Waals surface area contributed by atoms with Gasteiger partial charge < -0.3 is 14.9 Å². The van der Waals surface area contributed by atoms with Crippen LogP contribution in [-0.2, 0) is 0 Å². The van der Waals surface area contributed by atoms with Gasteiger partial charge in [0.25, 0.3) is 5.91 Å². The summed E-state index contributed by atoms with van der Waals surface area (Å²) in [4.78, 5) is 31.6. The van der Waals surface area contributed by atoms with Crippen LogP contribution in [0.4, 0.5) is 0 Å². The molecular weight excluding hydrogens is 354 g/mol. The number of hydrogen-bond acceptors (Lipinski definition) is 5. The molecule has 3 rings (SSSR count). The van der Waals surface area contributed by atoms with Gasteiger partial charge in [-0.15, -0.1) is 0 Å². The van der Waals surface area contributed by atoms with Gasteiger partial charge in [0.2, 0.25) is 0 Å². The fraction of sp³-hybridized carbons (Fsp3) is 0.636. The van der Waals surface area contributed by atoms with E-state index in [1.54, 1.807) is 24.3 Å². The Labute approximate surface area is 168 Å². The van der Waals surface area contributed by atoms with Crippen molar-refractivity contribution in [1.29, 1.82) is 0 Å². The van der Waals surface area contributed by atoms with E-state index < -0.39 is 0 Å². The van der Waals surface area contributed by atoms with Crippen molar-refractivity contribution >= 4 is 11.7 Å². The van der Waals surface area contributed by atoms with Gasteiger partial charge in [0.15, 0.2) is 5.78 Å². The Hall–Kier alpha value is -1.76. The first-order chi connectivity index (χ1) is 13.5. The summed E-state index contributed by atoms with van der Waals surface area (Å²) in [7, 11) is 2.16. The van der Waals surface area contributed by atoms with E-state index >= 15 is 0 Å². The van der Waals surface area contributed by atoms with E-state index in [-0.39, 0.29) is 18.3 Å². The lowest BCUT2D eigenvalue weighted by Gasteiger charge is -2.46. The summed E-state index contributed by atoms with van der Waals surface area (Å²) >= 11 is 0. The van der Waals surface area contributed by atoms with E-state index in [2.05, 4.69) is 16.8 Å². The Morgan fingerprint density at radius 3 is 2.50 bits per heavy atom. The van der Waals surface area contributed by atoms with Crippen LogP contribution in [0.25, 0.3) is 0 Å². The van der Waals surface area contributed by atoms with E-state index in [1.165, 1.54) is 6.92 Å². The predicted molar refractivity (Wildman–Crippen MR) is 110 cm³/mol. The normalized spacial score (nSPS) is 24.3. The second-order valence-electron chi connectivity index (χ2n) is 8.21. The van der Waals surface area contributed by atoms with Crippen molar-refractivity contribution in [3.63, 3.8) is 0 Å². The van der Waals surface area contributed by atoms with Gasteiger partial charge in [-0.1, -0.05) is 12.1 Å². The van der Waals surface area contributed by atoms with E-state index in [4.69, 9.17) is 0 Å². The molecule has 0 spiro atoms. The van der Waals surface area contributed by atoms with Crippen LogP contribution in [0.5, 0.6) is 0 Å². The standard InChI is InChI=1S/C22H33N3O3/c1-17(27)18-5-3-6-19(15-18)22(28)25-9-8-21(20(16-25)7-4-14-26)24-12-10-23(2)11-13-24/h3,5-6,15,20-21,26H,4,7-14,16H2,1-2H3. The number of carbonyl (C=O) groups is 2. The molecule has 2 fully saturated rings. The third-order valence-corrected chi connectivity index (χ3v) is 6.24. The van der Waals surface area contributed by atoms with Crippen molar-refractivity contribution in [3.05, 3.63) is 35.4 Å². The molecule has 0 aliphatic carbocycles. The maximum Gasteiger partial charge on any atom is 0.253 e. The SMILES string of the molecule is CC(=O)c1cccc(C(=O)N2CCC(N3CCN(C)CC3)C(CCCO)C2)c1. The summed E-state index contributed by atoms with van der Waals surface area (Å²) in [6, 6.07) is 7.52. The molecule has 2 unspecified atom stereocenters. The number of hydrogen-bond donors (Lipinski definition) is 1. The third kappa shape index (κ3) is 4.99. The van der Waals surface area contributed by atoms with Crippen LogP contribution in [-0.4, -0.2) is 90.5 Å². The minimum absolute atomic E-state index is 0.00826. The first-order valence-corrected chi connectivity index (χ1v) is 10.4. The molecule has 28 heavy (non-hydrogen) atoms. The van der Waals surface area contributed by atoms with Gasteiger partial charge in [0.05, 0.1) is 0 Å². The van der Waals surface area contributed by atoms with Crippen molar-refractivity contribution in [1.82, 2.24) is 14.7 Å². The molecule has 1 aromatic carbocycles. The lowest BCUT2D eigenvalue weighted by atomic mass is 9.86. The molecule has 154 valence electrons. The Balaban J connectivity index is 1.70. The number of aliphatic hydroxyl groups is 1. The average molecular weight is 388 g/mol. The smallest absolute Gasteiger partial charge is 0.253 e. The number of nitrogens with zero attached hydrogens (tertiary/aromatic N) is 3. The zero-order valence-electron chi connectivity index (χ0n) is 17.1. The number of piperazine rings is 1. The quantitative estimate of drug-likeness (QED) is 0.754. The maximum absolute atomic E-state index is 13.1. The summed E-state index contributed by atoms with van der Waals surface area (Å²) < 4.78 is 0.